The average Bonchev–Trinajstić information content (AvgIpc) is 2.45. The van der Waals surface area contributed by atoms with Crippen molar-refractivity contribution in [3.8, 4) is 0 Å². The Bertz CT molecular complexity index is 500. The molecule has 1 rings (SSSR count). The Morgan fingerprint density at radius 2 is 2.00 bits per heavy atom. The topological polar surface area (TPSA) is 65.0 Å². The van der Waals surface area contributed by atoms with E-state index in [-0.39, 0.29) is 5.75 Å². The molecule has 0 saturated carbocycles. The van der Waals surface area contributed by atoms with Gasteiger partial charge in [0.25, 0.3) is 0 Å². The molecule has 0 aromatic heterocycles. The lowest BCUT2D eigenvalue weighted by atomic mass is 10.2. The van der Waals surface area contributed by atoms with Crippen LogP contribution in [0.3, 0.4) is 0 Å². The van der Waals surface area contributed by atoms with Crippen LogP contribution >= 0.6 is 0 Å². The van der Waals surface area contributed by atoms with E-state index in [1.165, 1.54) is 0 Å². The lowest BCUT2D eigenvalue weighted by molar-refractivity contribution is 0.240. The van der Waals surface area contributed by atoms with E-state index in [1.54, 1.807) is 13.8 Å². The summed E-state index contributed by atoms with van der Waals surface area (Å²) >= 11 is 0. The van der Waals surface area contributed by atoms with Crippen LogP contribution < -0.4 is 5.32 Å². The van der Waals surface area contributed by atoms with E-state index in [9.17, 15) is 8.42 Å². The highest BCUT2D eigenvalue weighted by Crippen LogP contribution is 2.23. The van der Waals surface area contributed by atoms with Crippen LogP contribution in [0.2, 0.25) is 0 Å². The number of nitrogens with zero attached hydrogens (tertiary/aromatic N) is 3. The molecule has 7 heteroatoms. The molecule has 6 nitrogen and oxygen atoms in total. The Labute approximate surface area is 142 Å². The number of hydrogen-bond acceptors (Lipinski definition) is 4. The van der Waals surface area contributed by atoms with Gasteiger partial charge < -0.3 is 10.2 Å². The summed E-state index contributed by atoms with van der Waals surface area (Å²) in [5, 5.41) is 3.30. The van der Waals surface area contributed by atoms with Gasteiger partial charge in [0.1, 0.15) is 0 Å². The fourth-order valence-electron chi connectivity index (χ4n) is 2.82. The fraction of sp³-hybridized carbons (Fsp3) is 0.938. The standard InChI is InChI=1S/C16H34N4O2S/c1-7-17-15(18-9-10-19(8-2)14(3)4)20-11-12-23(21,22)16(5,6)13-20/h14H,7-13H2,1-6H3,(H,17,18). The van der Waals surface area contributed by atoms with E-state index >= 15 is 0 Å². The largest absolute Gasteiger partial charge is 0.357 e. The number of rotatable bonds is 6. The smallest absolute Gasteiger partial charge is 0.194 e. The van der Waals surface area contributed by atoms with Crippen molar-refractivity contribution in [2.45, 2.75) is 52.3 Å². The van der Waals surface area contributed by atoms with Crippen molar-refractivity contribution in [2.75, 3.05) is 45.0 Å². The van der Waals surface area contributed by atoms with Gasteiger partial charge in [-0.2, -0.15) is 0 Å². The molecular formula is C16H34N4O2S. The van der Waals surface area contributed by atoms with Gasteiger partial charge in [0.2, 0.25) is 0 Å². The minimum atomic E-state index is -3.02. The average molecular weight is 347 g/mol. The highest BCUT2D eigenvalue weighted by Gasteiger charge is 2.40. The van der Waals surface area contributed by atoms with E-state index < -0.39 is 14.6 Å². The number of likely N-dealkylation sites (N-methyl/N-ethyl adjacent to an activating group) is 1. The minimum Gasteiger partial charge on any atom is -0.357 e. The van der Waals surface area contributed by atoms with Crippen molar-refractivity contribution in [3.63, 3.8) is 0 Å². The molecule has 1 saturated heterocycles. The lowest BCUT2D eigenvalue weighted by Gasteiger charge is -2.39. The third kappa shape index (κ3) is 5.35. The maximum absolute atomic E-state index is 12.2. The first-order chi connectivity index (χ1) is 10.6. The maximum Gasteiger partial charge on any atom is 0.194 e. The fourth-order valence-corrected chi connectivity index (χ4v) is 4.18. The van der Waals surface area contributed by atoms with E-state index in [2.05, 4.69) is 35.9 Å². The minimum absolute atomic E-state index is 0.192. The number of sulfone groups is 1. The molecular weight excluding hydrogens is 312 g/mol. The molecule has 0 unspecified atom stereocenters. The van der Waals surface area contributed by atoms with Crippen molar-refractivity contribution in [1.29, 1.82) is 0 Å². The van der Waals surface area contributed by atoms with Gasteiger partial charge in [-0.25, -0.2) is 8.42 Å². The first kappa shape index (κ1) is 20.2. The molecule has 0 bridgehead atoms. The lowest BCUT2D eigenvalue weighted by Crippen LogP contribution is -2.57. The van der Waals surface area contributed by atoms with Crippen molar-refractivity contribution in [3.05, 3.63) is 0 Å². The molecule has 136 valence electrons. The Morgan fingerprint density at radius 1 is 1.35 bits per heavy atom. The van der Waals surface area contributed by atoms with Gasteiger partial charge >= 0.3 is 0 Å². The molecule has 1 N–H and O–H groups in total. The molecule has 1 heterocycles. The second-order valence-corrected chi connectivity index (χ2v) is 9.70. The summed E-state index contributed by atoms with van der Waals surface area (Å²) in [6.07, 6.45) is 0. The van der Waals surface area contributed by atoms with Crippen LogP contribution in [0.15, 0.2) is 4.99 Å². The van der Waals surface area contributed by atoms with Gasteiger partial charge in [-0.05, 0) is 41.2 Å². The summed E-state index contributed by atoms with van der Waals surface area (Å²) in [5.41, 5.74) is 0. The van der Waals surface area contributed by atoms with Crippen molar-refractivity contribution >= 4 is 15.8 Å². The summed E-state index contributed by atoms with van der Waals surface area (Å²) < 4.78 is 23.6. The molecule has 0 amide bonds. The monoisotopic (exact) mass is 346 g/mol. The molecule has 1 aliphatic rings. The summed E-state index contributed by atoms with van der Waals surface area (Å²) in [7, 11) is -3.02. The molecule has 0 aliphatic carbocycles. The summed E-state index contributed by atoms with van der Waals surface area (Å²) in [6.45, 7) is 16.6. The SMILES string of the molecule is CCNC(=NCCN(CC)C(C)C)N1CCS(=O)(=O)C(C)(C)C1. The maximum atomic E-state index is 12.2. The van der Waals surface area contributed by atoms with Crippen LogP contribution in [-0.4, -0.2) is 80.0 Å². The highest BCUT2D eigenvalue weighted by molar-refractivity contribution is 7.92. The van der Waals surface area contributed by atoms with Gasteiger partial charge in [-0.15, -0.1) is 0 Å². The third-order valence-corrected chi connectivity index (χ3v) is 7.00. The molecule has 1 aliphatic heterocycles. The highest BCUT2D eigenvalue weighted by atomic mass is 32.2. The summed E-state index contributed by atoms with van der Waals surface area (Å²) in [5.74, 6) is 1.02. The van der Waals surface area contributed by atoms with Crippen LogP contribution in [0.5, 0.6) is 0 Å². The van der Waals surface area contributed by atoms with Gasteiger partial charge in [0.05, 0.1) is 17.0 Å². The Hall–Kier alpha value is -0.820. The van der Waals surface area contributed by atoms with Crippen LogP contribution in [0.4, 0.5) is 0 Å². The van der Waals surface area contributed by atoms with E-state index in [1.807, 2.05) is 6.92 Å². The third-order valence-electron chi connectivity index (χ3n) is 4.46. The second kappa shape index (κ2) is 8.33. The predicted octanol–water partition coefficient (Wildman–Crippen LogP) is 1.19. The van der Waals surface area contributed by atoms with Gasteiger partial charge in [0, 0.05) is 32.2 Å². The van der Waals surface area contributed by atoms with Crippen LogP contribution in [-0.2, 0) is 9.84 Å². The molecule has 0 atom stereocenters. The Balaban J connectivity index is 2.76. The van der Waals surface area contributed by atoms with Crippen LogP contribution in [0, 0.1) is 0 Å². The normalized spacial score (nSPS) is 21.0. The van der Waals surface area contributed by atoms with Crippen LogP contribution in [0.25, 0.3) is 0 Å². The predicted molar refractivity (Wildman–Crippen MR) is 97.8 cm³/mol. The molecule has 0 aromatic rings. The summed E-state index contributed by atoms with van der Waals surface area (Å²) in [4.78, 5) is 9.17. The number of guanidine groups is 1. The van der Waals surface area contributed by atoms with E-state index in [0.717, 1.165) is 32.1 Å². The Morgan fingerprint density at radius 3 is 2.48 bits per heavy atom. The molecule has 23 heavy (non-hydrogen) atoms. The number of aliphatic imine (C=N–C) groups is 1. The quantitative estimate of drug-likeness (QED) is 0.578. The zero-order chi connectivity index (χ0) is 17.7. The number of nitrogens with one attached hydrogen (secondary N) is 1. The van der Waals surface area contributed by atoms with Gasteiger partial charge in [-0.3, -0.25) is 9.89 Å². The van der Waals surface area contributed by atoms with Crippen molar-refractivity contribution in [2.24, 2.45) is 4.99 Å². The Kier molecular flexibility index (Phi) is 7.32. The van der Waals surface area contributed by atoms with Gasteiger partial charge in [-0.1, -0.05) is 6.92 Å². The van der Waals surface area contributed by atoms with E-state index in [4.69, 9.17) is 4.99 Å². The molecule has 0 aromatic carbocycles. The second-order valence-electron chi connectivity index (χ2n) is 6.96. The zero-order valence-corrected chi connectivity index (χ0v) is 16.4. The molecule has 0 spiro atoms. The summed E-state index contributed by atoms with van der Waals surface area (Å²) in [6, 6.07) is 0.511. The number of hydrogen-bond donors (Lipinski definition) is 1. The van der Waals surface area contributed by atoms with Crippen molar-refractivity contribution in [1.82, 2.24) is 15.1 Å². The van der Waals surface area contributed by atoms with Crippen molar-refractivity contribution < 1.29 is 8.42 Å². The molecule has 1 fully saturated rings. The molecule has 0 radical (unpaired) electrons. The van der Waals surface area contributed by atoms with Crippen LogP contribution in [0.1, 0.15) is 41.5 Å². The van der Waals surface area contributed by atoms with Gasteiger partial charge in [0.15, 0.2) is 15.8 Å². The van der Waals surface area contributed by atoms with E-state index in [0.29, 0.717) is 19.1 Å². The first-order valence-electron chi connectivity index (χ1n) is 8.64. The first-order valence-corrected chi connectivity index (χ1v) is 10.3. The zero-order valence-electron chi connectivity index (χ0n) is 15.6.